The van der Waals surface area contributed by atoms with E-state index < -0.39 is 10.0 Å². The highest BCUT2D eigenvalue weighted by atomic mass is 32.2. The first-order valence-electron chi connectivity index (χ1n) is 9.09. The van der Waals surface area contributed by atoms with Crippen molar-refractivity contribution < 1.29 is 13.2 Å². The molecule has 1 aliphatic carbocycles. The maximum Gasteiger partial charge on any atom is 0.240 e. The molecular weight excluding hydrogens is 352 g/mol. The fourth-order valence-electron chi connectivity index (χ4n) is 3.04. The molecule has 0 spiro atoms. The van der Waals surface area contributed by atoms with E-state index in [0.717, 1.165) is 50.5 Å². The van der Waals surface area contributed by atoms with E-state index in [9.17, 15) is 8.42 Å². The summed E-state index contributed by atoms with van der Waals surface area (Å²) in [5.74, 6) is 1.37. The Morgan fingerprint density at radius 1 is 1.27 bits per heavy atom. The highest BCUT2D eigenvalue weighted by Gasteiger charge is 2.27. The molecule has 0 radical (unpaired) electrons. The molecule has 8 heteroatoms. The van der Waals surface area contributed by atoms with E-state index in [4.69, 9.17) is 4.74 Å². The van der Waals surface area contributed by atoms with Crippen LogP contribution in [0.5, 0.6) is 0 Å². The summed E-state index contributed by atoms with van der Waals surface area (Å²) < 4.78 is 32.5. The maximum absolute atomic E-state index is 12.2. The molecule has 2 aliphatic rings. The quantitative estimate of drug-likeness (QED) is 0.548. The van der Waals surface area contributed by atoms with Gasteiger partial charge in [-0.2, -0.15) is 0 Å². The number of aliphatic imine (C=N–C) groups is 1. The van der Waals surface area contributed by atoms with Crippen LogP contribution in [0.4, 0.5) is 0 Å². The van der Waals surface area contributed by atoms with Crippen molar-refractivity contribution in [3.63, 3.8) is 0 Å². The molecule has 1 heterocycles. The van der Waals surface area contributed by atoms with Crippen molar-refractivity contribution >= 4 is 16.0 Å². The lowest BCUT2D eigenvalue weighted by molar-refractivity contribution is 0.181. The van der Waals surface area contributed by atoms with E-state index in [1.165, 1.54) is 0 Å². The molecule has 1 aromatic carbocycles. The zero-order chi connectivity index (χ0) is 18.6. The van der Waals surface area contributed by atoms with Crippen molar-refractivity contribution in [2.75, 3.05) is 33.9 Å². The largest absolute Gasteiger partial charge is 0.381 e. The van der Waals surface area contributed by atoms with Gasteiger partial charge in [-0.15, -0.1) is 0 Å². The van der Waals surface area contributed by atoms with Gasteiger partial charge in [0.15, 0.2) is 5.96 Å². The molecule has 2 N–H and O–H groups in total. The SMILES string of the molecule is CN=C(NCc1ccc(S(=O)(=O)NC2CC2)cc1)N(C)CC1CCOC1. The van der Waals surface area contributed by atoms with Gasteiger partial charge >= 0.3 is 0 Å². The molecule has 0 aromatic heterocycles. The summed E-state index contributed by atoms with van der Waals surface area (Å²) in [6.07, 6.45) is 2.95. The number of rotatable bonds is 7. The number of benzene rings is 1. The van der Waals surface area contributed by atoms with Crippen LogP contribution in [-0.2, 0) is 21.3 Å². The third-order valence-corrected chi connectivity index (χ3v) is 6.25. The number of hydrogen-bond donors (Lipinski definition) is 2. The number of sulfonamides is 1. The van der Waals surface area contributed by atoms with Gasteiger partial charge in [0.05, 0.1) is 11.5 Å². The summed E-state index contributed by atoms with van der Waals surface area (Å²) in [5.41, 5.74) is 1.01. The highest BCUT2D eigenvalue weighted by molar-refractivity contribution is 7.89. The summed E-state index contributed by atoms with van der Waals surface area (Å²) in [6, 6.07) is 7.11. The zero-order valence-corrected chi connectivity index (χ0v) is 16.3. The molecular formula is C18H28N4O3S. The van der Waals surface area contributed by atoms with Gasteiger partial charge in [0.25, 0.3) is 0 Å². The van der Waals surface area contributed by atoms with Crippen molar-refractivity contribution in [3.05, 3.63) is 29.8 Å². The molecule has 1 saturated heterocycles. The van der Waals surface area contributed by atoms with Gasteiger partial charge in [0, 0.05) is 45.8 Å². The van der Waals surface area contributed by atoms with Gasteiger partial charge in [0.2, 0.25) is 10.0 Å². The lowest BCUT2D eigenvalue weighted by Crippen LogP contribution is -2.41. The molecule has 26 heavy (non-hydrogen) atoms. The van der Waals surface area contributed by atoms with Crippen molar-refractivity contribution in [3.8, 4) is 0 Å². The monoisotopic (exact) mass is 380 g/mol. The predicted molar refractivity (Wildman–Crippen MR) is 102 cm³/mol. The van der Waals surface area contributed by atoms with Crippen LogP contribution in [0.1, 0.15) is 24.8 Å². The number of guanidine groups is 1. The smallest absolute Gasteiger partial charge is 0.240 e. The van der Waals surface area contributed by atoms with Crippen molar-refractivity contribution in [2.45, 2.75) is 36.7 Å². The molecule has 1 aliphatic heterocycles. The first-order chi connectivity index (χ1) is 12.5. The van der Waals surface area contributed by atoms with E-state index in [1.807, 2.05) is 19.2 Å². The summed E-state index contributed by atoms with van der Waals surface area (Å²) in [6.45, 7) is 3.15. The minimum atomic E-state index is -3.39. The second kappa shape index (κ2) is 8.37. The van der Waals surface area contributed by atoms with E-state index >= 15 is 0 Å². The van der Waals surface area contributed by atoms with Gasteiger partial charge in [-0.1, -0.05) is 12.1 Å². The molecule has 0 amide bonds. The molecule has 2 fully saturated rings. The third kappa shape index (κ3) is 5.18. The number of nitrogens with zero attached hydrogens (tertiary/aromatic N) is 2. The lowest BCUT2D eigenvalue weighted by atomic mass is 10.1. The van der Waals surface area contributed by atoms with Crippen LogP contribution in [0.25, 0.3) is 0 Å². The Morgan fingerprint density at radius 3 is 2.58 bits per heavy atom. The number of hydrogen-bond acceptors (Lipinski definition) is 4. The molecule has 1 atom stereocenters. The summed E-state index contributed by atoms with van der Waals surface area (Å²) in [5, 5.41) is 3.33. The van der Waals surface area contributed by atoms with E-state index in [1.54, 1.807) is 19.2 Å². The molecule has 0 bridgehead atoms. The zero-order valence-electron chi connectivity index (χ0n) is 15.4. The van der Waals surface area contributed by atoms with Crippen LogP contribution in [0.15, 0.2) is 34.2 Å². The second-order valence-electron chi connectivity index (χ2n) is 7.05. The van der Waals surface area contributed by atoms with Crippen LogP contribution < -0.4 is 10.0 Å². The van der Waals surface area contributed by atoms with Gasteiger partial charge in [-0.3, -0.25) is 4.99 Å². The summed E-state index contributed by atoms with van der Waals surface area (Å²) in [4.78, 5) is 6.75. The Balaban J connectivity index is 1.52. The van der Waals surface area contributed by atoms with Crippen molar-refractivity contribution in [2.24, 2.45) is 10.9 Å². The van der Waals surface area contributed by atoms with E-state index in [0.29, 0.717) is 17.4 Å². The molecule has 7 nitrogen and oxygen atoms in total. The van der Waals surface area contributed by atoms with Crippen molar-refractivity contribution in [1.29, 1.82) is 0 Å². The summed E-state index contributed by atoms with van der Waals surface area (Å²) >= 11 is 0. The summed E-state index contributed by atoms with van der Waals surface area (Å²) in [7, 11) is 0.397. The van der Waals surface area contributed by atoms with Gasteiger partial charge in [0.1, 0.15) is 0 Å². The second-order valence-corrected chi connectivity index (χ2v) is 8.76. The van der Waals surface area contributed by atoms with Crippen molar-refractivity contribution in [1.82, 2.24) is 14.9 Å². The molecule has 1 unspecified atom stereocenters. The first kappa shape index (κ1) is 19.1. The van der Waals surface area contributed by atoms with Crippen LogP contribution in [-0.4, -0.2) is 59.2 Å². The first-order valence-corrected chi connectivity index (χ1v) is 10.6. The van der Waals surface area contributed by atoms with Gasteiger partial charge in [-0.25, -0.2) is 13.1 Å². The number of nitrogens with one attached hydrogen (secondary N) is 2. The maximum atomic E-state index is 12.2. The Hall–Kier alpha value is -1.64. The fourth-order valence-corrected chi connectivity index (χ4v) is 4.35. The van der Waals surface area contributed by atoms with Gasteiger partial charge < -0.3 is 15.0 Å². The van der Waals surface area contributed by atoms with E-state index in [2.05, 4.69) is 19.9 Å². The van der Waals surface area contributed by atoms with Crippen LogP contribution in [0.3, 0.4) is 0 Å². The Morgan fingerprint density at radius 2 is 2.00 bits per heavy atom. The van der Waals surface area contributed by atoms with E-state index in [-0.39, 0.29) is 6.04 Å². The van der Waals surface area contributed by atoms with Gasteiger partial charge in [-0.05, 0) is 37.0 Å². The Bertz CT molecular complexity index is 723. The Kier molecular flexibility index (Phi) is 6.16. The molecule has 3 rings (SSSR count). The topological polar surface area (TPSA) is 83.0 Å². The third-order valence-electron chi connectivity index (χ3n) is 4.71. The van der Waals surface area contributed by atoms with Crippen LogP contribution >= 0.6 is 0 Å². The minimum Gasteiger partial charge on any atom is -0.381 e. The average molecular weight is 381 g/mol. The molecule has 144 valence electrons. The Labute approximate surface area is 155 Å². The fraction of sp³-hybridized carbons (Fsp3) is 0.611. The normalized spacial score (nSPS) is 21.0. The standard InChI is InChI=1S/C18H28N4O3S/c1-19-18(22(2)12-15-9-10-25-13-15)20-11-14-3-7-17(8-4-14)26(23,24)21-16-5-6-16/h3-4,7-8,15-16,21H,5-6,9-13H2,1-2H3,(H,19,20). The molecule has 1 aromatic rings. The predicted octanol–water partition coefficient (Wildman–Crippen LogP) is 1.17. The number of ether oxygens (including phenoxy) is 1. The highest BCUT2D eigenvalue weighted by Crippen LogP contribution is 2.22. The average Bonchev–Trinajstić information content (AvgIpc) is 3.27. The minimum absolute atomic E-state index is 0.116. The molecule has 1 saturated carbocycles. The van der Waals surface area contributed by atoms with Crippen LogP contribution in [0, 0.1) is 5.92 Å². The lowest BCUT2D eigenvalue weighted by Gasteiger charge is -2.24. The van der Waals surface area contributed by atoms with Crippen LogP contribution in [0.2, 0.25) is 0 Å².